The van der Waals surface area contributed by atoms with E-state index in [9.17, 15) is 9.59 Å². The van der Waals surface area contributed by atoms with Crippen LogP contribution in [0.2, 0.25) is 0 Å². The number of rotatable bonds is 5. The van der Waals surface area contributed by atoms with Crippen molar-refractivity contribution in [3.63, 3.8) is 0 Å². The molecule has 1 aliphatic rings. The normalized spacial score (nSPS) is 11.9. The zero-order valence-electron chi connectivity index (χ0n) is 16.5. The third kappa shape index (κ3) is 4.20. The summed E-state index contributed by atoms with van der Waals surface area (Å²) in [6, 6.07) is 17.5. The van der Waals surface area contributed by atoms with E-state index in [0.717, 1.165) is 5.56 Å². The highest BCUT2D eigenvalue weighted by Gasteiger charge is 2.21. The number of hydrogen-bond donors (Lipinski definition) is 2. The van der Waals surface area contributed by atoms with Crippen molar-refractivity contribution >= 4 is 23.2 Å². The standard InChI is InChI=1S/C23H20N2O5/c1-14-6-8-21-19(10-14)25-23(27)18-11-15(7-9-20(18)30-21)24-22(26)13-29-17-5-3-4-16(12-17)28-2/h3-12H,13H2,1-2H3,(H,24,26)(H,25,27). The van der Waals surface area contributed by atoms with E-state index in [1.165, 1.54) is 0 Å². The zero-order chi connectivity index (χ0) is 21.1. The van der Waals surface area contributed by atoms with E-state index in [-0.39, 0.29) is 18.4 Å². The Morgan fingerprint density at radius 1 is 1.03 bits per heavy atom. The number of amides is 2. The van der Waals surface area contributed by atoms with Gasteiger partial charge in [-0.1, -0.05) is 12.1 Å². The molecule has 0 spiro atoms. The Labute approximate surface area is 173 Å². The van der Waals surface area contributed by atoms with E-state index in [2.05, 4.69) is 10.6 Å². The van der Waals surface area contributed by atoms with Crippen LogP contribution in [0.25, 0.3) is 0 Å². The molecule has 2 N–H and O–H groups in total. The molecule has 152 valence electrons. The van der Waals surface area contributed by atoms with Gasteiger partial charge < -0.3 is 24.8 Å². The molecular weight excluding hydrogens is 384 g/mol. The topological polar surface area (TPSA) is 85.9 Å². The van der Waals surface area contributed by atoms with E-state index < -0.39 is 0 Å². The first-order valence-electron chi connectivity index (χ1n) is 9.32. The van der Waals surface area contributed by atoms with Crippen molar-refractivity contribution in [2.24, 2.45) is 0 Å². The molecule has 4 rings (SSSR count). The molecule has 1 heterocycles. The fourth-order valence-corrected chi connectivity index (χ4v) is 3.05. The van der Waals surface area contributed by atoms with Crippen LogP contribution in [0.15, 0.2) is 60.7 Å². The second-order valence-corrected chi connectivity index (χ2v) is 6.78. The molecule has 1 aliphatic heterocycles. The molecule has 0 radical (unpaired) electrons. The third-order valence-electron chi connectivity index (χ3n) is 4.52. The van der Waals surface area contributed by atoms with Crippen molar-refractivity contribution in [3.8, 4) is 23.0 Å². The van der Waals surface area contributed by atoms with Gasteiger partial charge in [0.05, 0.1) is 18.4 Å². The van der Waals surface area contributed by atoms with Crippen LogP contribution in [0.3, 0.4) is 0 Å². The highest BCUT2D eigenvalue weighted by atomic mass is 16.5. The maximum Gasteiger partial charge on any atom is 0.262 e. The van der Waals surface area contributed by atoms with E-state index >= 15 is 0 Å². The first-order valence-corrected chi connectivity index (χ1v) is 9.32. The van der Waals surface area contributed by atoms with Gasteiger partial charge in [0.25, 0.3) is 11.8 Å². The Balaban J connectivity index is 1.45. The van der Waals surface area contributed by atoms with Crippen molar-refractivity contribution in [2.45, 2.75) is 6.92 Å². The van der Waals surface area contributed by atoms with Crippen LogP contribution in [-0.2, 0) is 4.79 Å². The molecule has 7 heteroatoms. The number of fused-ring (bicyclic) bond motifs is 2. The molecule has 3 aromatic carbocycles. The maximum absolute atomic E-state index is 12.6. The number of ether oxygens (including phenoxy) is 3. The molecule has 0 aromatic heterocycles. The SMILES string of the molecule is COc1cccc(OCC(=O)Nc2ccc3c(c2)C(=O)Nc2cc(C)ccc2O3)c1. The molecule has 0 atom stereocenters. The van der Waals surface area contributed by atoms with Crippen LogP contribution in [0.5, 0.6) is 23.0 Å². The van der Waals surface area contributed by atoms with Crippen LogP contribution in [0.4, 0.5) is 11.4 Å². The largest absolute Gasteiger partial charge is 0.497 e. The Morgan fingerprint density at radius 2 is 1.83 bits per heavy atom. The lowest BCUT2D eigenvalue weighted by molar-refractivity contribution is -0.118. The van der Waals surface area contributed by atoms with Gasteiger partial charge in [0.2, 0.25) is 0 Å². The van der Waals surface area contributed by atoms with Gasteiger partial charge in [-0.15, -0.1) is 0 Å². The van der Waals surface area contributed by atoms with Gasteiger partial charge >= 0.3 is 0 Å². The molecule has 0 saturated heterocycles. The summed E-state index contributed by atoms with van der Waals surface area (Å²) in [6.07, 6.45) is 0. The number of anilines is 2. The van der Waals surface area contributed by atoms with Crippen molar-refractivity contribution in [2.75, 3.05) is 24.4 Å². The highest BCUT2D eigenvalue weighted by molar-refractivity contribution is 6.09. The van der Waals surface area contributed by atoms with Crippen molar-refractivity contribution in [3.05, 3.63) is 71.8 Å². The minimum absolute atomic E-state index is 0.183. The molecule has 7 nitrogen and oxygen atoms in total. The summed E-state index contributed by atoms with van der Waals surface area (Å²) < 4.78 is 16.5. The molecule has 30 heavy (non-hydrogen) atoms. The fourth-order valence-electron chi connectivity index (χ4n) is 3.05. The fraction of sp³-hybridized carbons (Fsp3) is 0.130. The van der Waals surface area contributed by atoms with Gasteiger partial charge in [-0.3, -0.25) is 9.59 Å². The number of nitrogens with one attached hydrogen (secondary N) is 2. The number of benzene rings is 3. The Morgan fingerprint density at radius 3 is 2.67 bits per heavy atom. The van der Waals surface area contributed by atoms with Gasteiger partial charge in [0.15, 0.2) is 12.4 Å². The van der Waals surface area contributed by atoms with Crippen LogP contribution in [0.1, 0.15) is 15.9 Å². The third-order valence-corrected chi connectivity index (χ3v) is 4.52. The predicted molar refractivity (Wildman–Crippen MR) is 113 cm³/mol. The van der Waals surface area contributed by atoms with Gasteiger partial charge in [-0.25, -0.2) is 0 Å². The van der Waals surface area contributed by atoms with Crippen LogP contribution in [0, 0.1) is 6.92 Å². The summed E-state index contributed by atoms with van der Waals surface area (Å²) in [4.78, 5) is 24.9. The number of methoxy groups -OCH3 is 1. The molecule has 3 aromatic rings. The van der Waals surface area contributed by atoms with E-state index in [1.807, 2.05) is 25.1 Å². The monoisotopic (exact) mass is 404 g/mol. The summed E-state index contributed by atoms with van der Waals surface area (Å²) in [7, 11) is 1.56. The highest BCUT2D eigenvalue weighted by Crippen LogP contribution is 2.37. The number of aryl methyl sites for hydroxylation is 1. The average Bonchev–Trinajstić information content (AvgIpc) is 2.88. The van der Waals surface area contributed by atoms with Crippen molar-refractivity contribution < 1.29 is 23.8 Å². The minimum atomic E-state index is -0.355. The summed E-state index contributed by atoms with van der Waals surface area (Å²) in [5, 5.41) is 5.58. The maximum atomic E-state index is 12.6. The van der Waals surface area contributed by atoms with Crippen molar-refractivity contribution in [1.82, 2.24) is 0 Å². The Hall–Kier alpha value is -4.00. The smallest absolute Gasteiger partial charge is 0.262 e. The van der Waals surface area contributed by atoms with E-state index in [1.54, 1.807) is 49.6 Å². The van der Waals surface area contributed by atoms with Crippen molar-refractivity contribution in [1.29, 1.82) is 0 Å². The predicted octanol–water partition coefficient (Wildman–Crippen LogP) is 4.38. The molecule has 0 fully saturated rings. The second-order valence-electron chi connectivity index (χ2n) is 6.78. The van der Waals surface area contributed by atoms with Crippen LogP contribution in [-0.4, -0.2) is 25.5 Å². The van der Waals surface area contributed by atoms with Gasteiger partial charge in [0.1, 0.15) is 17.2 Å². The van der Waals surface area contributed by atoms with E-state index in [4.69, 9.17) is 14.2 Å². The quantitative estimate of drug-likeness (QED) is 0.659. The molecular formula is C23H20N2O5. The number of carbonyl (C=O) groups excluding carboxylic acids is 2. The van der Waals surface area contributed by atoms with Crippen LogP contribution < -0.4 is 24.8 Å². The minimum Gasteiger partial charge on any atom is -0.497 e. The molecule has 0 unspecified atom stereocenters. The number of carbonyl (C=O) groups is 2. The lowest BCUT2D eigenvalue weighted by Crippen LogP contribution is -2.20. The number of hydrogen-bond acceptors (Lipinski definition) is 5. The zero-order valence-corrected chi connectivity index (χ0v) is 16.5. The summed E-state index contributed by atoms with van der Waals surface area (Å²) in [5.41, 5.74) is 2.41. The van der Waals surface area contributed by atoms with Gasteiger partial charge in [-0.05, 0) is 55.0 Å². The lowest BCUT2D eigenvalue weighted by Gasteiger charge is -2.11. The summed E-state index contributed by atoms with van der Waals surface area (Å²) in [6.45, 7) is 1.75. The Bertz CT molecular complexity index is 1130. The molecule has 0 bridgehead atoms. The lowest BCUT2D eigenvalue weighted by atomic mass is 10.1. The van der Waals surface area contributed by atoms with Gasteiger partial charge in [0, 0.05) is 11.8 Å². The first kappa shape index (κ1) is 19.3. The molecule has 0 saturated carbocycles. The van der Waals surface area contributed by atoms with Gasteiger partial charge in [-0.2, -0.15) is 0 Å². The Kier molecular flexibility index (Phi) is 5.26. The first-order chi connectivity index (χ1) is 14.5. The van der Waals surface area contributed by atoms with Crippen LogP contribution >= 0.6 is 0 Å². The molecule has 0 aliphatic carbocycles. The second kappa shape index (κ2) is 8.16. The molecule has 2 amide bonds. The average molecular weight is 404 g/mol. The van der Waals surface area contributed by atoms with E-state index in [0.29, 0.717) is 39.9 Å². The summed E-state index contributed by atoms with van der Waals surface area (Å²) in [5.74, 6) is 1.48. The summed E-state index contributed by atoms with van der Waals surface area (Å²) >= 11 is 0.